The molecule has 0 radical (unpaired) electrons. The first kappa shape index (κ1) is 10.5. The van der Waals surface area contributed by atoms with Gasteiger partial charge in [0.05, 0.1) is 6.10 Å². The fourth-order valence-corrected chi connectivity index (χ4v) is 3.87. The van der Waals surface area contributed by atoms with Crippen LogP contribution < -0.4 is 0 Å². The highest BCUT2D eigenvalue weighted by atomic mass is 16.3. The van der Waals surface area contributed by atoms with Crippen molar-refractivity contribution >= 4 is 0 Å². The lowest BCUT2D eigenvalue weighted by atomic mass is 9.56. The number of hydrogen-bond acceptors (Lipinski definition) is 1. The lowest BCUT2D eigenvalue weighted by Gasteiger charge is -2.51. The third kappa shape index (κ3) is 1.50. The van der Waals surface area contributed by atoms with Crippen LogP contribution >= 0.6 is 0 Å². The summed E-state index contributed by atoms with van der Waals surface area (Å²) in [6, 6.07) is 0. The van der Waals surface area contributed by atoms with Gasteiger partial charge in [-0.05, 0) is 36.5 Å². The quantitative estimate of drug-likeness (QED) is 0.630. The monoisotopic (exact) mass is 196 g/mol. The Labute approximate surface area is 87.9 Å². The van der Waals surface area contributed by atoms with Crippen molar-refractivity contribution in [1.82, 2.24) is 0 Å². The SMILES string of the molecule is C[C@H]1CCC[C@@]2(CCCC[C@@H]2C)[C@@H]1O. The van der Waals surface area contributed by atoms with E-state index in [0.717, 1.165) is 5.92 Å². The summed E-state index contributed by atoms with van der Waals surface area (Å²) in [5.74, 6) is 1.28. The predicted molar refractivity (Wildman–Crippen MR) is 59.1 cm³/mol. The molecule has 2 fully saturated rings. The van der Waals surface area contributed by atoms with Gasteiger partial charge in [-0.1, -0.05) is 39.5 Å². The molecule has 0 heterocycles. The molecule has 2 aliphatic rings. The highest BCUT2D eigenvalue weighted by Gasteiger charge is 2.47. The molecule has 1 nitrogen and oxygen atoms in total. The van der Waals surface area contributed by atoms with E-state index in [2.05, 4.69) is 13.8 Å². The standard InChI is InChI=1S/C13H24O/c1-10-6-5-9-13(12(10)14)8-4-3-7-11(13)2/h10-12,14H,3-9H2,1-2H3/t10-,11-,12+,13+/m0/s1. The van der Waals surface area contributed by atoms with Crippen molar-refractivity contribution in [1.29, 1.82) is 0 Å². The van der Waals surface area contributed by atoms with Gasteiger partial charge in [-0.2, -0.15) is 0 Å². The molecule has 0 unspecified atom stereocenters. The van der Waals surface area contributed by atoms with Crippen LogP contribution in [0.2, 0.25) is 0 Å². The van der Waals surface area contributed by atoms with Gasteiger partial charge in [0, 0.05) is 0 Å². The van der Waals surface area contributed by atoms with Crippen LogP contribution in [0, 0.1) is 17.3 Å². The molecule has 2 saturated carbocycles. The van der Waals surface area contributed by atoms with Gasteiger partial charge in [0.1, 0.15) is 0 Å². The summed E-state index contributed by atoms with van der Waals surface area (Å²) in [4.78, 5) is 0. The van der Waals surface area contributed by atoms with Crippen molar-refractivity contribution in [2.75, 3.05) is 0 Å². The van der Waals surface area contributed by atoms with E-state index in [1.54, 1.807) is 0 Å². The maximum atomic E-state index is 10.4. The van der Waals surface area contributed by atoms with Crippen molar-refractivity contribution in [2.24, 2.45) is 17.3 Å². The first-order valence-electron chi connectivity index (χ1n) is 6.35. The van der Waals surface area contributed by atoms with Crippen LogP contribution in [-0.4, -0.2) is 11.2 Å². The van der Waals surface area contributed by atoms with Gasteiger partial charge in [0.15, 0.2) is 0 Å². The van der Waals surface area contributed by atoms with E-state index in [4.69, 9.17) is 0 Å². The van der Waals surface area contributed by atoms with E-state index in [9.17, 15) is 5.11 Å². The van der Waals surface area contributed by atoms with Crippen LogP contribution in [0.3, 0.4) is 0 Å². The zero-order valence-electron chi connectivity index (χ0n) is 9.63. The van der Waals surface area contributed by atoms with E-state index in [-0.39, 0.29) is 6.10 Å². The van der Waals surface area contributed by atoms with Gasteiger partial charge in [0.25, 0.3) is 0 Å². The molecule has 14 heavy (non-hydrogen) atoms. The lowest BCUT2D eigenvalue weighted by molar-refractivity contribution is -0.0974. The molecule has 1 N–H and O–H groups in total. The van der Waals surface area contributed by atoms with E-state index in [0.29, 0.717) is 11.3 Å². The highest BCUT2D eigenvalue weighted by molar-refractivity contribution is 4.97. The molecule has 1 heteroatoms. The minimum atomic E-state index is -0.0217. The van der Waals surface area contributed by atoms with Crippen molar-refractivity contribution in [2.45, 2.75) is 64.9 Å². The number of hydrogen-bond donors (Lipinski definition) is 1. The topological polar surface area (TPSA) is 20.2 Å². The van der Waals surface area contributed by atoms with Crippen LogP contribution in [-0.2, 0) is 0 Å². The predicted octanol–water partition coefficient (Wildman–Crippen LogP) is 3.36. The van der Waals surface area contributed by atoms with Crippen LogP contribution in [0.5, 0.6) is 0 Å². The maximum absolute atomic E-state index is 10.4. The minimum absolute atomic E-state index is 0.0217. The second-order valence-corrected chi connectivity index (χ2v) is 5.69. The van der Waals surface area contributed by atoms with Crippen LogP contribution in [0.1, 0.15) is 58.8 Å². The van der Waals surface area contributed by atoms with Gasteiger partial charge in [0.2, 0.25) is 0 Å². The summed E-state index contributed by atoms with van der Waals surface area (Å²) in [5, 5.41) is 10.4. The molecule has 2 aliphatic carbocycles. The largest absolute Gasteiger partial charge is 0.392 e. The third-order valence-corrected chi connectivity index (χ3v) is 4.94. The van der Waals surface area contributed by atoms with E-state index in [1.165, 1.54) is 44.9 Å². The Hall–Kier alpha value is -0.0400. The van der Waals surface area contributed by atoms with Crippen LogP contribution in [0.15, 0.2) is 0 Å². The number of rotatable bonds is 0. The lowest BCUT2D eigenvalue weighted by Crippen LogP contribution is -2.48. The molecule has 0 aromatic heterocycles. The summed E-state index contributed by atoms with van der Waals surface area (Å²) in [6.45, 7) is 4.59. The third-order valence-electron chi connectivity index (χ3n) is 4.94. The number of aliphatic hydroxyl groups is 1. The smallest absolute Gasteiger partial charge is 0.0624 e. The zero-order valence-corrected chi connectivity index (χ0v) is 9.63. The van der Waals surface area contributed by atoms with E-state index in [1.807, 2.05) is 0 Å². The van der Waals surface area contributed by atoms with Crippen molar-refractivity contribution in [3.8, 4) is 0 Å². The second kappa shape index (κ2) is 3.84. The molecule has 82 valence electrons. The van der Waals surface area contributed by atoms with Crippen LogP contribution in [0.25, 0.3) is 0 Å². The second-order valence-electron chi connectivity index (χ2n) is 5.69. The average molecular weight is 196 g/mol. The molecule has 0 amide bonds. The Morgan fingerprint density at radius 1 is 1.00 bits per heavy atom. The Morgan fingerprint density at radius 2 is 1.71 bits per heavy atom. The zero-order chi connectivity index (χ0) is 10.2. The van der Waals surface area contributed by atoms with Gasteiger partial charge >= 0.3 is 0 Å². The average Bonchev–Trinajstić information content (AvgIpc) is 2.18. The fraction of sp³-hybridized carbons (Fsp3) is 1.00. The first-order valence-corrected chi connectivity index (χ1v) is 6.35. The summed E-state index contributed by atoms with van der Waals surface area (Å²) in [7, 11) is 0. The maximum Gasteiger partial charge on any atom is 0.0624 e. The van der Waals surface area contributed by atoms with Crippen LogP contribution in [0.4, 0.5) is 0 Å². The Morgan fingerprint density at radius 3 is 2.43 bits per heavy atom. The molecule has 0 aromatic carbocycles. The summed E-state index contributed by atoms with van der Waals surface area (Å²) in [6.07, 6.45) is 9.16. The molecule has 0 bridgehead atoms. The van der Waals surface area contributed by atoms with Crippen molar-refractivity contribution in [3.05, 3.63) is 0 Å². The van der Waals surface area contributed by atoms with E-state index >= 15 is 0 Å². The summed E-state index contributed by atoms with van der Waals surface area (Å²) >= 11 is 0. The molecule has 0 saturated heterocycles. The molecular weight excluding hydrogens is 172 g/mol. The summed E-state index contributed by atoms with van der Waals surface area (Å²) in [5.41, 5.74) is 0.302. The summed E-state index contributed by atoms with van der Waals surface area (Å²) < 4.78 is 0. The van der Waals surface area contributed by atoms with E-state index < -0.39 is 0 Å². The number of aliphatic hydroxyl groups excluding tert-OH is 1. The minimum Gasteiger partial charge on any atom is -0.392 e. The first-order chi connectivity index (χ1) is 6.67. The van der Waals surface area contributed by atoms with Crippen molar-refractivity contribution in [3.63, 3.8) is 0 Å². The Balaban J connectivity index is 2.18. The highest BCUT2D eigenvalue weighted by Crippen LogP contribution is 2.52. The normalized spacial score (nSPS) is 49.5. The molecule has 0 aliphatic heterocycles. The molecule has 4 atom stereocenters. The Kier molecular flexibility index (Phi) is 2.88. The van der Waals surface area contributed by atoms with Gasteiger partial charge in [-0.3, -0.25) is 0 Å². The Bertz CT molecular complexity index is 197. The fourth-order valence-electron chi connectivity index (χ4n) is 3.87. The van der Waals surface area contributed by atoms with Gasteiger partial charge in [-0.15, -0.1) is 0 Å². The molecular formula is C13H24O. The van der Waals surface area contributed by atoms with Gasteiger partial charge < -0.3 is 5.11 Å². The molecule has 1 spiro atoms. The van der Waals surface area contributed by atoms with Crippen molar-refractivity contribution < 1.29 is 5.11 Å². The molecule has 0 aromatic rings. The van der Waals surface area contributed by atoms with Gasteiger partial charge in [-0.25, -0.2) is 0 Å². The molecule has 2 rings (SSSR count).